The maximum absolute atomic E-state index is 12.8. The predicted molar refractivity (Wildman–Crippen MR) is 94.7 cm³/mol. The van der Waals surface area contributed by atoms with Crippen LogP contribution in [0.2, 0.25) is 0 Å². The van der Waals surface area contributed by atoms with E-state index in [-0.39, 0.29) is 18.5 Å². The zero-order valence-electron chi connectivity index (χ0n) is 14.6. The van der Waals surface area contributed by atoms with E-state index in [1.165, 1.54) is 11.1 Å². The lowest BCUT2D eigenvalue weighted by Crippen LogP contribution is -2.41. The van der Waals surface area contributed by atoms with Crippen molar-refractivity contribution in [2.75, 3.05) is 13.7 Å². The van der Waals surface area contributed by atoms with E-state index in [1.54, 1.807) is 19.4 Å². The molecule has 1 aromatic carbocycles. The van der Waals surface area contributed by atoms with Crippen LogP contribution in [0.3, 0.4) is 0 Å². The standard InChI is InChI=1S/C19H22N2O4/c1-4-13(2)21(12-18(22)23)19(24)16-9-15(10-20-11-16)14-5-7-17(25-3)8-6-14/h5-11,13H,4,12H2,1-3H3,(H,22,23). The molecule has 6 heteroatoms. The van der Waals surface area contributed by atoms with Gasteiger partial charge in [0, 0.05) is 24.0 Å². The van der Waals surface area contributed by atoms with Crippen molar-refractivity contribution in [3.05, 3.63) is 48.3 Å². The molecule has 6 nitrogen and oxygen atoms in total. The number of aromatic nitrogens is 1. The van der Waals surface area contributed by atoms with Crippen LogP contribution >= 0.6 is 0 Å². The Balaban J connectivity index is 2.31. The molecule has 0 aliphatic rings. The molecular formula is C19H22N2O4. The van der Waals surface area contributed by atoms with Crippen LogP contribution in [0.25, 0.3) is 11.1 Å². The van der Waals surface area contributed by atoms with Crippen molar-refractivity contribution in [3.63, 3.8) is 0 Å². The fourth-order valence-electron chi connectivity index (χ4n) is 2.46. The van der Waals surface area contributed by atoms with E-state index < -0.39 is 5.97 Å². The van der Waals surface area contributed by atoms with Crippen LogP contribution in [0, 0.1) is 0 Å². The van der Waals surface area contributed by atoms with Gasteiger partial charge in [0.1, 0.15) is 12.3 Å². The molecule has 1 amide bonds. The van der Waals surface area contributed by atoms with E-state index in [0.29, 0.717) is 12.0 Å². The van der Waals surface area contributed by atoms with Crippen molar-refractivity contribution in [1.82, 2.24) is 9.88 Å². The Bertz CT molecular complexity index is 743. The van der Waals surface area contributed by atoms with Crippen molar-refractivity contribution < 1.29 is 19.4 Å². The lowest BCUT2D eigenvalue weighted by atomic mass is 10.0. The number of carboxylic acid groups (broad SMARTS) is 1. The maximum Gasteiger partial charge on any atom is 0.323 e. The molecule has 2 rings (SSSR count). The Labute approximate surface area is 147 Å². The number of pyridine rings is 1. The molecule has 0 saturated carbocycles. The van der Waals surface area contributed by atoms with Gasteiger partial charge >= 0.3 is 5.97 Å². The second kappa shape index (κ2) is 8.28. The van der Waals surface area contributed by atoms with Gasteiger partial charge in [-0.15, -0.1) is 0 Å². The molecule has 25 heavy (non-hydrogen) atoms. The van der Waals surface area contributed by atoms with E-state index in [4.69, 9.17) is 9.84 Å². The summed E-state index contributed by atoms with van der Waals surface area (Å²) in [6.07, 6.45) is 3.81. The van der Waals surface area contributed by atoms with Crippen LogP contribution in [-0.2, 0) is 4.79 Å². The smallest absolute Gasteiger partial charge is 0.323 e. The number of hydrogen-bond donors (Lipinski definition) is 1. The third kappa shape index (κ3) is 4.56. The van der Waals surface area contributed by atoms with Crippen molar-refractivity contribution in [3.8, 4) is 16.9 Å². The topological polar surface area (TPSA) is 79.7 Å². The van der Waals surface area contributed by atoms with Gasteiger partial charge in [-0.25, -0.2) is 0 Å². The van der Waals surface area contributed by atoms with Crippen molar-refractivity contribution in [1.29, 1.82) is 0 Å². The molecular weight excluding hydrogens is 320 g/mol. The Kier molecular flexibility index (Phi) is 6.11. The molecule has 2 aromatic rings. The number of carbonyl (C=O) groups is 2. The summed E-state index contributed by atoms with van der Waals surface area (Å²) >= 11 is 0. The summed E-state index contributed by atoms with van der Waals surface area (Å²) in [5, 5.41) is 9.08. The normalized spacial score (nSPS) is 11.6. The molecule has 1 unspecified atom stereocenters. The van der Waals surface area contributed by atoms with Gasteiger partial charge in [0.05, 0.1) is 12.7 Å². The highest BCUT2D eigenvalue weighted by molar-refractivity contribution is 5.96. The van der Waals surface area contributed by atoms with Gasteiger partial charge in [0.25, 0.3) is 5.91 Å². The summed E-state index contributed by atoms with van der Waals surface area (Å²) in [5.74, 6) is -0.624. The Morgan fingerprint density at radius 2 is 1.88 bits per heavy atom. The minimum atomic E-state index is -1.03. The largest absolute Gasteiger partial charge is 0.497 e. The SMILES string of the molecule is CCC(C)N(CC(=O)O)C(=O)c1cncc(-c2ccc(OC)cc2)c1. The van der Waals surface area contributed by atoms with E-state index in [2.05, 4.69) is 4.98 Å². The quantitative estimate of drug-likeness (QED) is 0.836. The minimum Gasteiger partial charge on any atom is -0.497 e. The minimum absolute atomic E-state index is 0.173. The first-order valence-corrected chi connectivity index (χ1v) is 8.08. The summed E-state index contributed by atoms with van der Waals surface area (Å²) in [5.41, 5.74) is 2.05. The number of ether oxygens (including phenoxy) is 1. The lowest BCUT2D eigenvalue weighted by Gasteiger charge is -2.27. The maximum atomic E-state index is 12.8. The van der Waals surface area contributed by atoms with E-state index in [1.807, 2.05) is 38.1 Å². The van der Waals surface area contributed by atoms with Gasteiger partial charge in [0.2, 0.25) is 0 Å². The van der Waals surface area contributed by atoms with Gasteiger partial charge in [-0.1, -0.05) is 19.1 Å². The van der Waals surface area contributed by atoms with Crippen molar-refractivity contribution >= 4 is 11.9 Å². The Hall–Kier alpha value is -2.89. The highest BCUT2D eigenvalue weighted by Crippen LogP contribution is 2.23. The molecule has 0 aliphatic carbocycles. The molecule has 0 bridgehead atoms. The van der Waals surface area contributed by atoms with E-state index in [0.717, 1.165) is 16.9 Å². The van der Waals surface area contributed by atoms with Gasteiger partial charge in [-0.2, -0.15) is 0 Å². The number of rotatable bonds is 7. The zero-order chi connectivity index (χ0) is 18.4. The van der Waals surface area contributed by atoms with Crippen LogP contribution in [0.5, 0.6) is 5.75 Å². The third-order valence-electron chi connectivity index (χ3n) is 4.10. The molecule has 1 aromatic heterocycles. The molecule has 132 valence electrons. The molecule has 0 aliphatic heterocycles. The van der Waals surface area contributed by atoms with Crippen LogP contribution in [0.15, 0.2) is 42.7 Å². The summed E-state index contributed by atoms with van der Waals surface area (Å²) in [4.78, 5) is 29.4. The number of nitrogens with zero attached hydrogens (tertiary/aromatic N) is 2. The fraction of sp³-hybridized carbons (Fsp3) is 0.316. The molecule has 1 heterocycles. The zero-order valence-corrected chi connectivity index (χ0v) is 14.6. The first-order chi connectivity index (χ1) is 12.0. The summed E-state index contributed by atoms with van der Waals surface area (Å²) in [7, 11) is 1.60. The van der Waals surface area contributed by atoms with Gasteiger partial charge in [-0.05, 0) is 37.1 Å². The molecule has 1 atom stereocenters. The third-order valence-corrected chi connectivity index (χ3v) is 4.10. The van der Waals surface area contributed by atoms with Crippen LogP contribution in [0.4, 0.5) is 0 Å². The van der Waals surface area contributed by atoms with Gasteiger partial charge in [0.15, 0.2) is 0 Å². The van der Waals surface area contributed by atoms with Crippen LogP contribution < -0.4 is 4.74 Å². The second-order valence-corrected chi connectivity index (χ2v) is 5.77. The van der Waals surface area contributed by atoms with Gasteiger partial charge < -0.3 is 14.7 Å². The van der Waals surface area contributed by atoms with Crippen LogP contribution in [0.1, 0.15) is 30.6 Å². The lowest BCUT2D eigenvalue weighted by molar-refractivity contribution is -0.138. The molecule has 1 N–H and O–H groups in total. The Morgan fingerprint density at radius 1 is 1.20 bits per heavy atom. The summed E-state index contributed by atoms with van der Waals surface area (Å²) in [6.45, 7) is 3.42. The highest BCUT2D eigenvalue weighted by Gasteiger charge is 2.23. The van der Waals surface area contributed by atoms with Gasteiger partial charge in [-0.3, -0.25) is 14.6 Å². The number of aliphatic carboxylic acids is 1. The summed E-state index contributed by atoms with van der Waals surface area (Å²) in [6, 6.07) is 8.99. The summed E-state index contributed by atoms with van der Waals surface area (Å²) < 4.78 is 5.14. The first kappa shape index (κ1) is 18.4. The van der Waals surface area contributed by atoms with Crippen molar-refractivity contribution in [2.24, 2.45) is 0 Å². The number of carboxylic acids is 1. The van der Waals surface area contributed by atoms with E-state index in [9.17, 15) is 9.59 Å². The average Bonchev–Trinajstić information content (AvgIpc) is 2.65. The number of hydrogen-bond acceptors (Lipinski definition) is 4. The second-order valence-electron chi connectivity index (χ2n) is 5.77. The average molecular weight is 342 g/mol. The van der Waals surface area contributed by atoms with Crippen molar-refractivity contribution in [2.45, 2.75) is 26.3 Å². The highest BCUT2D eigenvalue weighted by atomic mass is 16.5. The number of amides is 1. The molecule has 0 fully saturated rings. The molecule has 0 saturated heterocycles. The molecule has 0 spiro atoms. The number of methoxy groups -OCH3 is 1. The molecule has 0 radical (unpaired) electrons. The Morgan fingerprint density at radius 3 is 2.44 bits per heavy atom. The number of carbonyl (C=O) groups excluding carboxylic acids is 1. The van der Waals surface area contributed by atoms with Crippen LogP contribution in [-0.4, -0.2) is 46.6 Å². The monoisotopic (exact) mass is 342 g/mol. The predicted octanol–water partition coefficient (Wildman–Crippen LogP) is 3.08. The van der Waals surface area contributed by atoms with E-state index >= 15 is 0 Å². The fourth-order valence-corrected chi connectivity index (χ4v) is 2.46. The number of benzene rings is 1. The first-order valence-electron chi connectivity index (χ1n) is 8.08.